The highest BCUT2D eigenvalue weighted by atomic mass is 35.5. The Bertz CT molecular complexity index is 761. The molecule has 0 aromatic heterocycles. The third kappa shape index (κ3) is 3.36. The summed E-state index contributed by atoms with van der Waals surface area (Å²) in [5.41, 5.74) is 1.26. The minimum absolute atomic E-state index is 0.110. The summed E-state index contributed by atoms with van der Waals surface area (Å²) < 4.78 is 5.38. The maximum Gasteiger partial charge on any atom is 0.256 e. The van der Waals surface area contributed by atoms with E-state index < -0.39 is 6.04 Å². The van der Waals surface area contributed by atoms with Gasteiger partial charge in [-0.3, -0.25) is 9.59 Å². The first-order chi connectivity index (χ1) is 11.6. The number of imide groups is 1. The van der Waals surface area contributed by atoms with Crippen LogP contribution in [0.1, 0.15) is 13.3 Å². The van der Waals surface area contributed by atoms with Crippen molar-refractivity contribution in [3.05, 3.63) is 53.6 Å². The molecule has 1 fully saturated rings. The fourth-order valence-corrected chi connectivity index (χ4v) is 2.84. The Morgan fingerprint density at radius 3 is 2.62 bits per heavy atom. The van der Waals surface area contributed by atoms with E-state index in [0.717, 1.165) is 0 Å². The molecule has 0 radical (unpaired) electrons. The van der Waals surface area contributed by atoms with Gasteiger partial charge in [-0.2, -0.15) is 0 Å². The Kier molecular flexibility index (Phi) is 4.71. The Morgan fingerprint density at radius 1 is 1.21 bits per heavy atom. The smallest absolute Gasteiger partial charge is 0.256 e. The minimum atomic E-state index is -0.595. The van der Waals surface area contributed by atoms with E-state index in [1.54, 1.807) is 42.5 Å². The summed E-state index contributed by atoms with van der Waals surface area (Å²) in [6.45, 7) is 2.46. The predicted molar refractivity (Wildman–Crippen MR) is 93.6 cm³/mol. The molecule has 24 heavy (non-hydrogen) atoms. The predicted octanol–water partition coefficient (Wildman–Crippen LogP) is 3.48. The molecule has 2 aromatic carbocycles. The summed E-state index contributed by atoms with van der Waals surface area (Å²) in [7, 11) is 0. The van der Waals surface area contributed by atoms with Gasteiger partial charge in [-0.05, 0) is 49.4 Å². The summed E-state index contributed by atoms with van der Waals surface area (Å²) in [6.07, 6.45) is 0.110. The summed E-state index contributed by atoms with van der Waals surface area (Å²) in [5.74, 6) is 0.196. The molecule has 0 spiro atoms. The zero-order chi connectivity index (χ0) is 17.1. The van der Waals surface area contributed by atoms with Crippen LogP contribution in [0.25, 0.3) is 0 Å². The van der Waals surface area contributed by atoms with Crippen LogP contribution in [0.5, 0.6) is 5.75 Å². The number of amides is 2. The van der Waals surface area contributed by atoms with Gasteiger partial charge in [0.1, 0.15) is 11.8 Å². The van der Waals surface area contributed by atoms with Crippen molar-refractivity contribution in [1.29, 1.82) is 0 Å². The van der Waals surface area contributed by atoms with Crippen LogP contribution in [-0.4, -0.2) is 24.5 Å². The first-order valence-electron chi connectivity index (χ1n) is 7.70. The molecule has 3 rings (SSSR count). The monoisotopic (exact) mass is 344 g/mol. The molecule has 0 unspecified atom stereocenters. The number of carbonyl (C=O) groups is 2. The van der Waals surface area contributed by atoms with Crippen molar-refractivity contribution in [3.8, 4) is 5.75 Å². The Hall–Kier alpha value is -2.53. The highest BCUT2D eigenvalue weighted by Crippen LogP contribution is 2.27. The van der Waals surface area contributed by atoms with Gasteiger partial charge >= 0.3 is 0 Å². The molecule has 2 amide bonds. The lowest BCUT2D eigenvalue weighted by Crippen LogP contribution is -2.34. The Balaban J connectivity index is 1.76. The third-order valence-corrected chi connectivity index (χ3v) is 3.95. The van der Waals surface area contributed by atoms with Crippen LogP contribution in [0.2, 0.25) is 5.02 Å². The zero-order valence-electron chi connectivity index (χ0n) is 13.2. The first kappa shape index (κ1) is 16.3. The molecular weight excluding hydrogens is 328 g/mol. The van der Waals surface area contributed by atoms with Gasteiger partial charge in [0, 0.05) is 10.7 Å². The largest absolute Gasteiger partial charge is 0.494 e. The van der Waals surface area contributed by atoms with Crippen molar-refractivity contribution in [3.63, 3.8) is 0 Å². The van der Waals surface area contributed by atoms with E-state index in [4.69, 9.17) is 16.3 Å². The van der Waals surface area contributed by atoms with Crippen molar-refractivity contribution in [2.75, 3.05) is 16.8 Å². The highest BCUT2D eigenvalue weighted by Gasteiger charge is 2.39. The number of nitrogens with zero attached hydrogens (tertiary/aromatic N) is 1. The minimum Gasteiger partial charge on any atom is -0.494 e. The van der Waals surface area contributed by atoms with Crippen LogP contribution in [0, 0.1) is 0 Å². The number of nitrogens with one attached hydrogen (secondary N) is 1. The van der Waals surface area contributed by atoms with Gasteiger partial charge in [-0.15, -0.1) is 0 Å². The van der Waals surface area contributed by atoms with Crippen LogP contribution in [-0.2, 0) is 9.59 Å². The second-order valence-electron chi connectivity index (χ2n) is 5.41. The molecule has 1 saturated heterocycles. The lowest BCUT2D eigenvalue weighted by molar-refractivity contribution is -0.121. The molecule has 5 nitrogen and oxygen atoms in total. The van der Waals surface area contributed by atoms with Crippen LogP contribution < -0.4 is 15.0 Å². The van der Waals surface area contributed by atoms with Crippen molar-refractivity contribution in [2.24, 2.45) is 0 Å². The normalized spacial score (nSPS) is 17.2. The molecule has 0 bridgehead atoms. The Labute approximate surface area is 145 Å². The molecule has 0 aliphatic carbocycles. The van der Waals surface area contributed by atoms with Crippen molar-refractivity contribution >= 4 is 34.8 Å². The second kappa shape index (κ2) is 6.93. The Morgan fingerprint density at radius 2 is 1.96 bits per heavy atom. The van der Waals surface area contributed by atoms with E-state index in [-0.39, 0.29) is 18.2 Å². The fourth-order valence-electron chi connectivity index (χ4n) is 2.65. The first-order valence-corrected chi connectivity index (χ1v) is 8.08. The van der Waals surface area contributed by atoms with E-state index in [0.29, 0.717) is 28.8 Å². The fraction of sp³-hybridized carbons (Fsp3) is 0.222. The summed E-state index contributed by atoms with van der Waals surface area (Å²) in [4.78, 5) is 26.1. The number of hydrogen-bond acceptors (Lipinski definition) is 4. The molecule has 1 aliphatic rings. The number of ether oxygens (including phenoxy) is 1. The van der Waals surface area contributed by atoms with Gasteiger partial charge in [0.05, 0.1) is 18.7 Å². The molecule has 1 aliphatic heterocycles. The van der Waals surface area contributed by atoms with E-state index in [1.165, 1.54) is 4.90 Å². The number of carbonyl (C=O) groups excluding carboxylic acids is 2. The van der Waals surface area contributed by atoms with Gasteiger partial charge in [-0.1, -0.05) is 17.7 Å². The number of halogens is 1. The van der Waals surface area contributed by atoms with Gasteiger partial charge in [0.25, 0.3) is 5.91 Å². The van der Waals surface area contributed by atoms with Gasteiger partial charge in [0.2, 0.25) is 5.91 Å². The summed E-state index contributed by atoms with van der Waals surface area (Å²) >= 11 is 5.95. The summed E-state index contributed by atoms with van der Waals surface area (Å²) in [5, 5.41) is 3.64. The SMILES string of the molecule is CCOc1ccc(N2C(=O)C[C@@H](Nc3cccc(Cl)c3)C2=O)cc1. The van der Waals surface area contributed by atoms with E-state index in [9.17, 15) is 9.59 Å². The van der Waals surface area contributed by atoms with Gasteiger partial charge in [-0.25, -0.2) is 4.90 Å². The van der Waals surface area contributed by atoms with E-state index in [2.05, 4.69) is 5.32 Å². The van der Waals surface area contributed by atoms with Crippen molar-refractivity contribution in [2.45, 2.75) is 19.4 Å². The van der Waals surface area contributed by atoms with Crippen LogP contribution in [0.4, 0.5) is 11.4 Å². The van der Waals surface area contributed by atoms with Crippen LogP contribution in [0.3, 0.4) is 0 Å². The maximum absolute atomic E-state index is 12.6. The standard InChI is InChI=1S/C18H17ClN2O3/c1-2-24-15-8-6-14(7-9-15)21-17(22)11-16(18(21)23)20-13-5-3-4-12(19)10-13/h3-10,16,20H,2,11H2,1H3/t16-/m1/s1. The lowest BCUT2D eigenvalue weighted by atomic mass is 10.2. The number of benzene rings is 2. The third-order valence-electron chi connectivity index (χ3n) is 3.72. The van der Waals surface area contributed by atoms with Gasteiger partial charge in [0.15, 0.2) is 0 Å². The average Bonchev–Trinajstić information content (AvgIpc) is 2.83. The molecule has 1 heterocycles. The second-order valence-corrected chi connectivity index (χ2v) is 5.84. The molecule has 0 saturated carbocycles. The zero-order valence-corrected chi connectivity index (χ0v) is 13.9. The summed E-state index contributed by atoms with van der Waals surface area (Å²) in [6, 6.07) is 13.4. The quantitative estimate of drug-likeness (QED) is 0.844. The molecule has 1 atom stereocenters. The number of hydrogen-bond donors (Lipinski definition) is 1. The molecule has 2 aromatic rings. The van der Waals surface area contributed by atoms with E-state index in [1.807, 2.05) is 13.0 Å². The topological polar surface area (TPSA) is 58.6 Å². The highest BCUT2D eigenvalue weighted by molar-refractivity contribution is 6.30. The van der Waals surface area contributed by atoms with Crippen molar-refractivity contribution in [1.82, 2.24) is 0 Å². The van der Waals surface area contributed by atoms with Crippen molar-refractivity contribution < 1.29 is 14.3 Å². The van der Waals surface area contributed by atoms with Crippen LogP contribution in [0.15, 0.2) is 48.5 Å². The molecule has 1 N–H and O–H groups in total. The molecule has 6 heteroatoms. The molecule has 124 valence electrons. The van der Waals surface area contributed by atoms with Gasteiger partial charge < -0.3 is 10.1 Å². The number of anilines is 2. The maximum atomic E-state index is 12.6. The average molecular weight is 345 g/mol. The lowest BCUT2D eigenvalue weighted by Gasteiger charge is -2.16. The number of rotatable bonds is 5. The van der Waals surface area contributed by atoms with Crippen LogP contribution >= 0.6 is 11.6 Å². The molecular formula is C18H17ClN2O3. The van der Waals surface area contributed by atoms with E-state index >= 15 is 0 Å².